The number of ether oxygens (including phenoxy) is 1. The molecule has 0 bridgehead atoms. The first-order valence-electron chi connectivity index (χ1n) is 6.41. The van der Waals surface area contributed by atoms with E-state index in [2.05, 4.69) is 31.4 Å². The van der Waals surface area contributed by atoms with E-state index in [1.165, 1.54) is 11.3 Å². The second-order valence-electron chi connectivity index (χ2n) is 4.69. The van der Waals surface area contributed by atoms with Crippen molar-refractivity contribution in [1.82, 2.24) is 5.32 Å². The van der Waals surface area contributed by atoms with Crippen LogP contribution >= 0.6 is 11.3 Å². The largest absolute Gasteiger partial charge is 0.492 e. The summed E-state index contributed by atoms with van der Waals surface area (Å²) in [5.74, 6) is 0.857. The van der Waals surface area contributed by atoms with Gasteiger partial charge in [-0.3, -0.25) is 4.79 Å². The Morgan fingerprint density at radius 2 is 2.11 bits per heavy atom. The molecule has 1 heterocycles. The van der Waals surface area contributed by atoms with Gasteiger partial charge in [-0.25, -0.2) is 0 Å². The minimum absolute atomic E-state index is 0.188. The van der Waals surface area contributed by atoms with Crippen LogP contribution in [0.2, 0.25) is 0 Å². The van der Waals surface area contributed by atoms with Crippen molar-refractivity contribution in [1.29, 1.82) is 0 Å². The molecular formula is C13H23N3O2S. The molecule has 5 nitrogen and oxygen atoms in total. The highest BCUT2D eigenvalue weighted by Gasteiger charge is 2.23. The quantitative estimate of drug-likeness (QED) is 0.750. The van der Waals surface area contributed by atoms with Gasteiger partial charge in [0.15, 0.2) is 5.75 Å². The van der Waals surface area contributed by atoms with E-state index in [9.17, 15) is 4.79 Å². The van der Waals surface area contributed by atoms with Gasteiger partial charge in [-0.2, -0.15) is 0 Å². The maximum absolute atomic E-state index is 11.7. The Kier molecular flexibility index (Phi) is 5.47. The standard InChI is InChI=1S/C13H23N3O2S/c1-6-8(7(2)3)16-13-10(18-5)9(14)11(19-13)12(17)15-4/h7-8,16H,6,14H2,1-5H3,(H,15,17). The summed E-state index contributed by atoms with van der Waals surface area (Å²) in [5.41, 5.74) is 6.37. The molecule has 1 amide bonds. The molecule has 19 heavy (non-hydrogen) atoms. The van der Waals surface area contributed by atoms with Crippen LogP contribution < -0.4 is 21.1 Å². The van der Waals surface area contributed by atoms with Gasteiger partial charge in [0.2, 0.25) is 0 Å². The van der Waals surface area contributed by atoms with Crippen LogP contribution in [0.5, 0.6) is 5.75 Å². The van der Waals surface area contributed by atoms with Crippen molar-refractivity contribution >= 4 is 27.9 Å². The number of anilines is 2. The van der Waals surface area contributed by atoms with Gasteiger partial charge in [0, 0.05) is 13.1 Å². The highest BCUT2D eigenvalue weighted by atomic mass is 32.1. The molecule has 0 saturated heterocycles. The molecule has 108 valence electrons. The maximum Gasteiger partial charge on any atom is 0.263 e. The summed E-state index contributed by atoms with van der Waals surface area (Å²) in [4.78, 5) is 12.2. The van der Waals surface area contributed by atoms with E-state index < -0.39 is 0 Å². The molecule has 1 aromatic rings. The summed E-state index contributed by atoms with van der Waals surface area (Å²) in [6, 6.07) is 0.324. The highest BCUT2D eigenvalue weighted by molar-refractivity contribution is 7.19. The Hall–Kier alpha value is -1.43. The minimum Gasteiger partial charge on any atom is -0.492 e. The number of rotatable bonds is 6. The number of amides is 1. The third-order valence-electron chi connectivity index (χ3n) is 3.10. The smallest absolute Gasteiger partial charge is 0.263 e. The van der Waals surface area contributed by atoms with Crippen molar-refractivity contribution < 1.29 is 9.53 Å². The molecule has 1 unspecified atom stereocenters. The minimum atomic E-state index is -0.188. The summed E-state index contributed by atoms with van der Waals surface area (Å²) >= 11 is 1.33. The summed E-state index contributed by atoms with van der Waals surface area (Å²) < 4.78 is 5.32. The molecule has 1 atom stereocenters. The predicted octanol–water partition coefficient (Wildman–Crippen LogP) is 2.55. The number of methoxy groups -OCH3 is 1. The van der Waals surface area contributed by atoms with Crippen molar-refractivity contribution in [3.05, 3.63) is 4.88 Å². The monoisotopic (exact) mass is 285 g/mol. The number of nitrogens with two attached hydrogens (primary N) is 1. The lowest BCUT2D eigenvalue weighted by Crippen LogP contribution is -2.24. The number of carbonyl (C=O) groups excluding carboxylic acids is 1. The fourth-order valence-corrected chi connectivity index (χ4v) is 3.02. The van der Waals surface area contributed by atoms with Crippen LogP contribution in [0.15, 0.2) is 0 Å². The summed E-state index contributed by atoms with van der Waals surface area (Å²) in [6.07, 6.45) is 0.994. The van der Waals surface area contributed by atoms with Crippen molar-refractivity contribution in [2.45, 2.75) is 33.2 Å². The van der Waals surface area contributed by atoms with E-state index in [1.807, 2.05) is 0 Å². The highest BCUT2D eigenvalue weighted by Crippen LogP contribution is 2.43. The third-order valence-corrected chi connectivity index (χ3v) is 4.21. The van der Waals surface area contributed by atoms with Crippen molar-refractivity contribution in [3.8, 4) is 5.75 Å². The number of hydrogen-bond acceptors (Lipinski definition) is 5. The summed E-state index contributed by atoms with van der Waals surface area (Å²) in [6.45, 7) is 6.44. The Morgan fingerprint density at radius 3 is 2.53 bits per heavy atom. The van der Waals surface area contributed by atoms with E-state index in [4.69, 9.17) is 10.5 Å². The first-order chi connectivity index (χ1) is 8.96. The molecule has 0 saturated carbocycles. The molecule has 4 N–H and O–H groups in total. The second-order valence-corrected chi connectivity index (χ2v) is 5.71. The molecule has 1 aromatic heterocycles. The SMILES string of the molecule is CCC(Nc1sc(C(=O)NC)c(N)c1OC)C(C)C. The van der Waals surface area contributed by atoms with Crippen LogP contribution in [0.25, 0.3) is 0 Å². The van der Waals surface area contributed by atoms with E-state index in [1.54, 1.807) is 14.2 Å². The van der Waals surface area contributed by atoms with Crippen LogP contribution in [0.3, 0.4) is 0 Å². The lowest BCUT2D eigenvalue weighted by atomic mass is 10.0. The fraction of sp³-hybridized carbons (Fsp3) is 0.615. The number of carbonyl (C=O) groups is 1. The zero-order chi connectivity index (χ0) is 14.6. The van der Waals surface area contributed by atoms with Crippen LogP contribution in [0.4, 0.5) is 10.7 Å². The predicted molar refractivity (Wildman–Crippen MR) is 81.2 cm³/mol. The van der Waals surface area contributed by atoms with E-state index in [-0.39, 0.29) is 5.91 Å². The van der Waals surface area contributed by atoms with Crippen molar-refractivity contribution in [3.63, 3.8) is 0 Å². The van der Waals surface area contributed by atoms with Gasteiger partial charge in [-0.05, 0) is 12.3 Å². The van der Waals surface area contributed by atoms with Crippen LogP contribution in [-0.2, 0) is 0 Å². The number of thiophene rings is 1. The van der Waals surface area contributed by atoms with Crippen molar-refractivity contribution in [2.75, 3.05) is 25.2 Å². The van der Waals surface area contributed by atoms with Crippen LogP contribution in [0, 0.1) is 5.92 Å². The van der Waals surface area contributed by atoms with Gasteiger partial charge in [0.1, 0.15) is 15.6 Å². The van der Waals surface area contributed by atoms with Gasteiger partial charge in [0.05, 0.1) is 7.11 Å². The van der Waals surface area contributed by atoms with Crippen LogP contribution in [0.1, 0.15) is 36.9 Å². The van der Waals surface area contributed by atoms with Gasteiger partial charge in [-0.15, -0.1) is 11.3 Å². The summed E-state index contributed by atoms with van der Waals surface area (Å²) in [7, 11) is 3.15. The van der Waals surface area contributed by atoms with Crippen LogP contribution in [-0.4, -0.2) is 26.1 Å². The molecular weight excluding hydrogens is 262 g/mol. The molecule has 0 aromatic carbocycles. The third kappa shape index (κ3) is 3.32. The molecule has 0 aliphatic rings. The van der Waals surface area contributed by atoms with E-state index in [0.29, 0.717) is 28.3 Å². The second kappa shape index (κ2) is 6.65. The molecule has 1 rings (SSSR count). The normalized spacial score (nSPS) is 12.3. The Morgan fingerprint density at radius 1 is 1.47 bits per heavy atom. The Bertz CT molecular complexity index is 443. The van der Waals surface area contributed by atoms with Gasteiger partial charge in [0.25, 0.3) is 5.91 Å². The maximum atomic E-state index is 11.7. The number of nitrogen functional groups attached to an aromatic ring is 1. The molecule has 0 radical (unpaired) electrons. The molecule has 0 aliphatic carbocycles. The van der Waals surface area contributed by atoms with Crippen molar-refractivity contribution in [2.24, 2.45) is 5.92 Å². The van der Waals surface area contributed by atoms with Gasteiger partial charge in [-0.1, -0.05) is 20.8 Å². The summed E-state index contributed by atoms with van der Waals surface area (Å²) in [5, 5.41) is 6.82. The first kappa shape index (κ1) is 15.6. The number of hydrogen-bond donors (Lipinski definition) is 3. The average molecular weight is 285 g/mol. The van der Waals surface area contributed by atoms with E-state index in [0.717, 1.165) is 11.4 Å². The Balaban J connectivity index is 3.10. The zero-order valence-corrected chi connectivity index (χ0v) is 13.0. The Labute approximate surface area is 118 Å². The fourth-order valence-electron chi connectivity index (χ4n) is 1.92. The van der Waals surface area contributed by atoms with E-state index >= 15 is 0 Å². The lowest BCUT2D eigenvalue weighted by Gasteiger charge is -2.21. The lowest BCUT2D eigenvalue weighted by molar-refractivity contribution is 0.0967. The zero-order valence-electron chi connectivity index (χ0n) is 12.2. The average Bonchev–Trinajstić information content (AvgIpc) is 2.70. The first-order valence-corrected chi connectivity index (χ1v) is 7.22. The molecule has 0 aliphatic heterocycles. The molecule has 0 spiro atoms. The molecule has 6 heteroatoms. The van der Waals surface area contributed by atoms with Gasteiger partial charge >= 0.3 is 0 Å². The number of nitrogens with one attached hydrogen (secondary N) is 2. The van der Waals surface area contributed by atoms with Gasteiger partial charge < -0.3 is 21.1 Å². The topological polar surface area (TPSA) is 76.4 Å². The molecule has 0 fully saturated rings.